The molecule has 8 heteroatoms. The van der Waals surface area contributed by atoms with Gasteiger partial charge in [-0.25, -0.2) is 0 Å². The Morgan fingerprint density at radius 1 is 1.17 bits per heavy atom. The Labute approximate surface area is 178 Å². The highest BCUT2D eigenvalue weighted by molar-refractivity contribution is 7.17. The maximum Gasteiger partial charge on any atom is 0.274 e. The highest BCUT2D eigenvalue weighted by atomic mass is 32.1. The minimum Gasteiger partial charge on any atom is -0.507 e. The molecule has 1 aliphatic rings. The standard InChI is InChI=1S/C22H24N4O3S/c1-11-8-9-13(19(27)12(11)2)15-10-16(26-25-15)20(28)24-22-18(21(29)23-3)14-6-4-5-7-17(14)30-22/h8-10,27H,4-7H2,1-3H3,(H,23,29)(H,24,28)(H,25,26). The number of aromatic hydroxyl groups is 1. The van der Waals surface area contributed by atoms with Crippen LogP contribution in [0.1, 0.15) is 55.3 Å². The van der Waals surface area contributed by atoms with Gasteiger partial charge in [0, 0.05) is 17.5 Å². The summed E-state index contributed by atoms with van der Waals surface area (Å²) in [5.41, 5.74) is 4.68. The maximum absolute atomic E-state index is 12.9. The SMILES string of the molecule is CNC(=O)c1c(NC(=O)c2cc(-c3ccc(C)c(C)c3O)n[nH]2)sc2c1CCCC2. The maximum atomic E-state index is 12.9. The van der Waals surface area contributed by atoms with Gasteiger partial charge in [-0.3, -0.25) is 14.7 Å². The van der Waals surface area contributed by atoms with Crippen molar-refractivity contribution in [3.8, 4) is 17.0 Å². The molecule has 7 nitrogen and oxygen atoms in total. The van der Waals surface area contributed by atoms with E-state index in [-0.39, 0.29) is 23.3 Å². The number of phenols is 1. The molecule has 4 rings (SSSR count). The number of nitrogens with one attached hydrogen (secondary N) is 3. The topological polar surface area (TPSA) is 107 Å². The molecule has 0 fully saturated rings. The zero-order valence-electron chi connectivity index (χ0n) is 17.2. The van der Waals surface area contributed by atoms with Crippen LogP contribution in [-0.4, -0.2) is 34.2 Å². The first kappa shape index (κ1) is 20.2. The molecule has 4 N–H and O–H groups in total. The zero-order chi connectivity index (χ0) is 21.4. The Morgan fingerprint density at radius 3 is 2.70 bits per heavy atom. The smallest absolute Gasteiger partial charge is 0.274 e. The third kappa shape index (κ3) is 3.47. The number of aromatic amines is 1. The van der Waals surface area contributed by atoms with Crippen molar-refractivity contribution in [1.82, 2.24) is 15.5 Å². The van der Waals surface area contributed by atoms with E-state index in [1.54, 1.807) is 19.2 Å². The normalized spacial score (nSPS) is 13.0. The third-order valence-electron chi connectivity index (χ3n) is 5.65. The van der Waals surface area contributed by atoms with Crippen LogP contribution in [0.2, 0.25) is 0 Å². The molecule has 0 unspecified atom stereocenters. The van der Waals surface area contributed by atoms with Gasteiger partial charge in [0.25, 0.3) is 11.8 Å². The van der Waals surface area contributed by atoms with E-state index in [4.69, 9.17) is 0 Å². The Balaban J connectivity index is 1.63. The van der Waals surface area contributed by atoms with E-state index in [0.717, 1.165) is 42.4 Å². The second kappa shape index (κ2) is 7.95. The molecule has 0 spiro atoms. The largest absolute Gasteiger partial charge is 0.507 e. The monoisotopic (exact) mass is 424 g/mol. The molecule has 30 heavy (non-hydrogen) atoms. The summed E-state index contributed by atoms with van der Waals surface area (Å²) in [6.07, 6.45) is 3.92. The number of aromatic nitrogens is 2. The van der Waals surface area contributed by atoms with Crippen LogP contribution in [0.3, 0.4) is 0 Å². The lowest BCUT2D eigenvalue weighted by atomic mass is 9.95. The van der Waals surface area contributed by atoms with Crippen LogP contribution in [-0.2, 0) is 12.8 Å². The van der Waals surface area contributed by atoms with E-state index in [1.807, 2.05) is 19.9 Å². The molecule has 0 bridgehead atoms. The number of benzene rings is 1. The minimum atomic E-state index is -0.374. The van der Waals surface area contributed by atoms with E-state index in [2.05, 4.69) is 20.8 Å². The molecule has 2 aromatic heterocycles. The number of anilines is 1. The number of phenolic OH excluding ortho intramolecular Hbond substituents is 1. The fourth-order valence-electron chi connectivity index (χ4n) is 3.77. The van der Waals surface area contributed by atoms with E-state index in [0.29, 0.717) is 21.8 Å². The molecule has 0 saturated carbocycles. The number of carbonyl (C=O) groups is 2. The molecular weight excluding hydrogens is 400 g/mol. The average Bonchev–Trinajstić information content (AvgIpc) is 3.36. The van der Waals surface area contributed by atoms with Crippen LogP contribution in [0, 0.1) is 13.8 Å². The van der Waals surface area contributed by atoms with Crippen LogP contribution in [0.4, 0.5) is 5.00 Å². The van der Waals surface area contributed by atoms with Crippen LogP contribution in [0.15, 0.2) is 18.2 Å². The van der Waals surface area contributed by atoms with Crippen molar-refractivity contribution in [2.75, 3.05) is 12.4 Å². The first-order chi connectivity index (χ1) is 14.4. The summed E-state index contributed by atoms with van der Waals surface area (Å²) in [6.45, 7) is 3.76. The molecule has 1 aromatic carbocycles. The number of carbonyl (C=O) groups excluding carboxylic acids is 2. The lowest BCUT2D eigenvalue weighted by molar-refractivity contribution is 0.0963. The highest BCUT2D eigenvalue weighted by Crippen LogP contribution is 2.38. The summed E-state index contributed by atoms with van der Waals surface area (Å²) in [5.74, 6) is -0.405. The van der Waals surface area contributed by atoms with Gasteiger partial charge in [0.1, 0.15) is 16.4 Å². The zero-order valence-corrected chi connectivity index (χ0v) is 18.0. The summed E-state index contributed by atoms with van der Waals surface area (Å²) >= 11 is 1.47. The summed E-state index contributed by atoms with van der Waals surface area (Å²) in [4.78, 5) is 26.5. The Kier molecular flexibility index (Phi) is 5.34. The molecular formula is C22H24N4O3S. The summed E-state index contributed by atoms with van der Waals surface area (Å²) in [7, 11) is 1.60. The van der Waals surface area contributed by atoms with Crippen molar-refractivity contribution in [1.29, 1.82) is 0 Å². The van der Waals surface area contributed by atoms with Gasteiger partial charge in [0.2, 0.25) is 0 Å². The summed E-state index contributed by atoms with van der Waals surface area (Å²) < 4.78 is 0. The van der Waals surface area contributed by atoms with Gasteiger partial charge < -0.3 is 15.7 Å². The molecule has 2 amide bonds. The summed E-state index contributed by atoms with van der Waals surface area (Å²) in [6, 6.07) is 5.30. The number of thiophene rings is 1. The van der Waals surface area contributed by atoms with E-state index < -0.39 is 0 Å². The quantitative estimate of drug-likeness (QED) is 0.509. The first-order valence-electron chi connectivity index (χ1n) is 9.93. The predicted molar refractivity (Wildman–Crippen MR) is 117 cm³/mol. The fourth-order valence-corrected chi connectivity index (χ4v) is 5.06. The van der Waals surface area contributed by atoms with Crippen molar-refractivity contribution in [2.45, 2.75) is 39.5 Å². The Bertz CT molecular complexity index is 1150. The molecule has 2 heterocycles. The van der Waals surface area contributed by atoms with Gasteiger partial charge in [-0.1, -0.05) is 6.07 Å². The molecule has 3 aromatic rings. The number of H-pyrrole nitrogens is 1. The van der Waals surface area contributed by atoms with E-state index >= 15 is 0 Å². The molecule has 1 aliphatic carbocycles. The number of rotatable bonds is 4. The molecule has 0 atom stereocenters. The first-order valence-corrected chi connectivity index (χ1v) is 10.7. The van der Waals surface area contributed by atoms with Crippen LogP contribution in [0.25, 0.3) is 11.3 Å². The van der Waals surface area contributed by atoms with Crippen LogP contribution in [0.5, 0.6) is 5.75 Å². The number of hydrogen-bond donors (Lipinski definition) is 4. The lowest BCUT2D eigenvalue weighted by Crippen LogP contribution is -2.22. The van der Waals surface area contributed by atoms with Gasteiger partial charge in [-0.2, -0.15) is 5.10 Å². The molecule has 0 saturated heterocycles. The second-order valence-electron chi connectivity index (χ2n) is 7.52. The van der Waals surface area contributed by atoms with Gasteiger partial charge in [-0.15, -0.1) is 11.3 Å². The summed E-state index contributed by atoms with van der Waals surface area (Å²) in [5, 5.41) is 23.5. The van der Waals surface area contributed by atoms with Crippen molar-refractivity contribution < 1.29 is 14.7 Å². The number of hydrogen-bond acceptors (Lipinski definition) is 5. The van der Waals surface area contributed by atoms with Crippen LogP contribution < -0.4 is 10.6 Å². The average molecular weight is 425 g/mol. The van der Waals surface area contributed by atoms with Crippen LogP contribution >= 0.6 is 11.3 Å². The van der Waals surface area contributed by atoms with Gasteiger partial charge >= 0.3 is 0 Å². The lowest BCUT2D eigenvalue weighted by Gasteiger charge is -2.12. The third-order valence-corrected chi connectivity index (χ3v) is 6.86. The van der Waals surface area contributed by atoms with Crippen molar-refractivity contribution >= 4 is 28.2 Å². The Morgan fingerprint density at radius 2 is 1.93 bits per heavy atom. The number of nitrogens with zero attached hydrogens (tertiary/aromatic N) is 1. The van der Waals surface area contributed by atoms with E-state index in [1.165, 1.54) is 16.2 Å². The predicted octanol–water partition coefficient (Wildman–Crippen LogP) is 3.95. The van der Waals surface area contributed by atoms with Crippen molar-refractivity contribution in [3.05, 3.63) is 51.0 Å². The highest BCUT2D eigenvalue weighted by Gasteiger charge is 2.26. The molecule has 0 aliphatic heterocycles. The number of aryl methyl sites for hydroxylation is 2. The minimum absolute atomic E-state index is 0.154. The van der Waals surface area contributed by atoms with Crippen molar-refractivity contribution in [3.63, 3.8) is 0 Å². The fraction of sp³-hybridized carbons (Fsp3) is 0.318. The van der Waals surface area contributed by atoms with Gasteiger partial charge in [-0.05, 0) is 68.4 Å². The van der Waals surface area contributed by atoms with Crippen molar-refractivity contribution in [2.24, 2.45) is 0 Å². The van der Waals surface area contributed by atoms with E-state index in [9.17, 15) is 14.7 Å². The molecule has 0 radical (unpaired) electrons. The van der Waals surface area contributed by atoms with Gasteiger partial charge in [0.15, 0.2) is 0 Å². The molecule has 156 valence electrons. The Hall–Kier alpha value is -3.13. The number of amides is 2. The van der Waals surface area contributed by atoms with Gasteiger partial charge in [0.05, 0.1) is 11.3 Å². The second-order valence-corrected chi connectivity index (χ2v) is 8.62. The number of fused-ring (bicyclic) bond motifs is 1.